The summed E-state index contributed by atoms with van der Waals surface area (Å²) in [5.41, 5.74) is 19.1. The van der Waals surface area contributed by atoms with E-state index in [0.717, 1.165) is 61.8 Å². The minimum absolute atomic E-state index is 0.0684. The first kappa shape index (κ1) is 68.9. The van der Waals surface area contributed by atoms with Gasteiger partial charge in [-0.05, 0) is 162 Å². The smallest absolute Gasteiger partial charge is 0.186 e. The van der Waals surface area contributed by atoms with E-state index in [-0.39, 0.29) is 5.56 Å². The van der Waals surface area contributed by atoms with Gasteiger partial charge in [0.1, 0.15) is 17.0 Å². The second kappa shape index (κ2) is 29.2. The third kappa shape index (κ3) is 12.0. The summed E-state index contributed by atoms with van der Waals surface area (Å²) in [4.78, 5) is 18.6. The van der Waals surface area contributed by atoms with Crippen LogP contribution in [0.1, 0.15) is 0 Å². The third-order valence-electron chi connectivity index (χ3n) is 21.5. The molecule has 13 aromatic carbocycles. The number of rotatable bonds is 11. The first-order valence-electron chi connectivity index (χ1n) is 37.9. The highest BCUT2D eigenvalue weighted by Gasteiger charge is 2.31. The second-order valence-corrected chi connectivity index (χ2v) is 28.1. The summed E-state index contributed by atoms with van der Waals surface area (Å²) in [6.07, 6.45) is 5.31. The third-order valence-corrected chi connectivity index (χ3v) is 21.5. The van der Waals surface area contributed by atoms with Crippen LogP contribution in [0.2, 0.25) is 0 Å². The highest BCUT2D eigenvalue weighted by molar-refractivity contribution is 6.12. The summed E-state index contributed by atoms with van der Waals surface area (Å²) >= 11 is 0. The Bertz CT molecular complexity index is 7180. The van der Waals surface area contributed by atoms with Gasteiger partial charge in [0.05, 0.1) is 67.1 Å². The summed E-state index contributed by atoms with van der Waals surface area (Å²) in [6.45, 7) is 0. The van der Waals surface area contributed by atoms with E-state index >= 15 is 17.6 Å². The van der Waals surface area contributed by atoms with Gasteiger partial charge in [-0.3, -0.25) is 14.1 Å². The average molecular weight is 1490 g/mol. The summed E-state index contributed by atoms with van der Waals surface area (Å²) < 4.78 is 74.6. The topological polar surface area (TPSA) is 76.2 Å². The zero-order valence-electron chi connectivity index (χ0n) is 61.6. The summed E-state index contributed by atoms with van der Waals surface area (Å²) in [7, 11) is 0. The van der Waals surface area contributed by atoms with Crippen molar-refractivity contribution in [2.45, 2.75) is 0 Å². The van der Waals surface area contributed by atoms with E-state index in [9.17, 15) is 0 Å². The fourth-order valence-corrected chi connectivity index (χ4v) is 16.5. The monoisotopic (exact) mass is 1490 g/mol. The molecule has 9 heterocycles. The quantitative estimate of drug-likeness (QED) is 0.0955. The number of halogens is 4. The molecule has 0 saturated carbocycles. The van der Waals surface area contributed by atoms with Crippen LogP contribution < -0.4 is 0 Å². The Morgan fingerprint density at radius 2 is 0.583 bits per heavy atom. The highest BCUT2D eigenvalue weighted by Crippen LogP contribution is 2.45. The Labute approximate surface area is 657 Å². The summed E-state index contributed by atoms with van der Waals surface area (Å²) in [5.74, 6) is -6.00. The number of nitrogens with zero attached hydrogens (tertiary/aromatic N) is 9. The van der Waals surface area contributed by atoms with Crippen LogP contribution in [0.15, 0.2) is 395 Å². The molecule has 0 N–H and O–H groups in total. The Hall–Kier alpha value is -15.3. The molecule has 0 atom stereocenters. The van der Waals surface area contributed by atoms with E-state index in [0.29, 0.717) is 44.5 Å². The molecular formula is C102H65F4N9. The Morgan fingerprint density at radius 1 is 0.217 bits per heavy atom. The molecule has 0 unspecified atom stereocenters. The normalized spacial score (nSPS) is 11.5. The van der Waals surface area contributed by atoms with Gasteiger partial charge in [0.15, 0.2) is 23.3 Å². The number of hydrogen-bond acceptors (Lipinski definition) is 4. The minimum atomic E-state index is -1.50. The maximum Gasteiger partial charge on any atom is 0.186 e. The lowest BCUT2D eigenvalue weighted by Crippen LogP contribution is -2.09. The van der Waals surface area contributed by atoms with E-state index in [1.807, 2.05) is 30.6 Å². The van der Waals surface area contributed by atoms with Crippen LogP contribution in [0.25, 0.3) is 183 Å². The van der Waals surface area contributed by atoms with E-state index in [1.165, 1.54) is 77.0 Å². The van der Waals surface area contributed by atoms with Crippen LogP contribution in [0.5, 0.6) is 0 Å². The number of hydrogen-bond donors (Lipinski definition) is 0. The molecule has 0 radical (unpaired) electrons. The fraction of sp³-hybridized carbons (Fsp3) is 0. The van der Waals surface area contributed by atoms with Crippen molar-refractivity contribution in [1.82, 2.24) is 42.8 Å². The van der Waals surface area contributed by atoms with Gasteiger partial charge in [0.25, 0.3) is 0 Å². The zero-order valence-corrected chi connectivity index (χ0v) is 61.6. The number of pyridine rings is 4. The Kier molecular flexibility index (Phi) is 17.5. The van der Waals surface area contributed by atoms with E-state index in [2.05, 4.69) is 283 Å². The Morgan fingerprint density at radius 3 is 1.05 bits per heavy atom. The van der Waals surface area contributed by atoms with Crippen molar-refractivity contribution in [2.75, 3.05) is 0 Å². The Balaban J connectivity index is 0.000000112. The molecule has 546 valence electrons. The molecule has 0 fully saturated rings. The molecule has 22 aromatic rings. The van der Waals surface area contributed by atoms with Gasteiger partial charge in [0.2, 0.25) is 0 Å². The van der Waals surface area contributed by atoms with Gasteiger partial charge in [-0.15, -0.1) is 0 Å². The molecule has 0 bridgehead atoms. The maximum absolute atomic E-state index is 16.0. The SMILES string of the molecule is Fc1c(F)c(-n2c3ccccc3c3ccccc32)c(F)c(F)c1-c1cc(-c2ccccc2)nc(-c2ccccn2)c1.c1ccc(-c2c(-c3ccccc3)n(-c3ccc(-n4c5ccccc5c5ccccc54)cc3)c3ncccc23)cc1.c1ccc(-c2cc3cccnc3n2-c2ccc(-n3c4ccccc4c4ccccc43)cc2)cc1. The van der Waals surface area contributed by atoms with Crippen LogP contribution in [0.3, 0.4) is 0 Å². The van der Waals surface area contributed by atoms with Crippen molar-refractivity contribution in [3.8, 4) is 95.9 Å². The highest BCUT2D eigenvalue weighted by atomic mass is 19.2. The lowest BCUT2D eigenvalue weighted by atomic mass is 9.99. The summed E-state index contributed by atoms with van der Waals surface area (Å²) in [6, 6.07) is 125. The molecule has 9 aromatic heterocycles. The van der Waals surface area contributed by atoms with Gasteiger partial charge in [-0.25, -0.2) is 32.5 Å². The van der Waals surface area contributed by atoms with Crippen LogP contribution in [-0.4, -0.2) is 42.8 Å². The first-order chi connectivity index (χ1) is 56.8. The molecule has 115 heavy (non-hydrogen) atoms. The van der Waals surface area contributed by atoms with Crippen molar-refractivity contribution in [3.63, 3.8) is 0 Å². The fourth-order valence-electron chi connectivity index (χ4n) is 16.5. The zero-order chi connectivity index (χ0) is 77.0. The molecule has 0 aliphatic heterocycles. The molecule has 13 heteroatoms. The standard InChI is InChI=1S/C37H25N3.C34H19F4N3.C31H21N3/c1-3-12-26(13-4-1)35-32-18-11-25-38-37(32)40(36(35)27-14-5-2-6-15-27)29-23-21-28(22-24-29)39-33-19-9-7-16-30(33)31-17-8-10-20-34(31)39;35-30-29(21-18-25(20-10-2-1-3-11-20)40-26(19-21)24-14-8-9-17-39-24)31(36)33(38)34(32(30)37)41-27-15-6-4-12-22(27)23-13-5-7-16-28(23)41;1-2-9-22(10-3-1)30-21-23-11-8-20-32-31(23)34(30)25-18-16-24(17-19-25)33-28-14-6-4-12-26(28)27-13-5-7-15-29(27)33/h1-25H;1-19H;1-21H. The van der Waals surface area contributed by atoms with E-state index < -0.39 is 34.5 Å². The molecule has 9 nitrogen and oxygen atoms in total. The van der Waals surface area contributed by atoms with Gasteiger partial charge < -0.3 is 13.7 Å². The molecular weight excluding hydrogens is 1430 g/mol. The van der Waals surface area contributed by atoms with Gasteiger partial charge in [0, 0.05) is 95.6 Å². The minimum Gasteiger partial charge on any atom is -0.309 e. The molecule has 22 rings (SSSR count). The predicted octanol–water partition coefficient (Wildman–Crippen LogP) is 26.4. The molecule has 0 aliphatic carbocycles. The van der Waals surface area contributed by atoms with Crippen LogP contribution in [0, 0.1) is 23.3 Å². The van der Waals surface area contributed by atoms with Gasteiger partial charge >= 0.3 is 0 Å². The van der Waals surface area contributed by atoms with Crippen molar-refractivity contribution >= 4 is 87.5 Å². The lowest BCUT2D eigenvalue weighted by molar-refractivity contribution is 0.454. The van der Waals surface area contributed by atoms with Crippen molar-refractivity contribution in [3.05, 3.63) is 418 Å². The largest absolute Gasteiger partial charge is 0.309 e. The number of benzene rings is 13. The van der Waals surface area contributed by atoms with Crippen LogP contribution in [0.4, 0.5) is 17.6 Å². The molecule has 0 amide bonds. The number of para-hydroxylation sites is 6. The van der Waals surface area contributed by atoms with Crippen LogP contribution >= 0.6 is 0 Å². The first-order valence-corrected chi connectivity index (χ1v) is 37.9. The average Bonchev–Trinajstić information content (AvgIpc) is 1.64. The summed E-state index contributed by atoms with van der Waals surface area (Å²) in [5, 5.41) is 8.75. The van der Waals surface area contributed by atoms with E-state index in [1.54, 1.807) is 97.2 Å². The number of aromatic nitrogens is 9. The van der Waals surface area contributed by atoms with Crippen molar-refractivity contribution < 1.29 is 17.6 Å². The predicted molar refractivity (Wildman–Crippen MR) is 460 cm³/mol. The van der Waals surface area contributed by atoms with E-state index in [4.69, 9.17) is 9.97 Å². The second-order valence-electron chi connectivity index (χ2n) is 28.1. The molecule has 0 spiro atoms. The van der Waals surface area contributed by atoms with Crippen molar-refractivity contribution in [2.24, 2.45) is 0 Å². The van der Waals surface area contributed by atoms with Crippen molar-refractivity contribution in [1.29, 1.82) is 0 Å². The van der Waals surface area contributed by atoms with Crippen LogP contribution in [-0.2, 0) is 0 Å². The van der Waals surface area contributed by atoms with Gasteiger partial charge in [-0.1, -0.05) is 237 Å². The molecule has 0 saturated heterocycles. The lowest BCUT2D eigenvalue weighted by Gasteiger charge is -2.16. The number of fused-ring (bicyclic) bond motifs is 11. The molecule has 0 aliphatic rings. The maximum atomic E-state index is 16.0. The van der Waals surface area contributed by atoms with Gasteiger partial charge in [-0.2, -0.15) is 0 Å².